The number of nitrogens with zero attached hydrogens (tertiary/aromatic N) is 4. The van der Waals surface area contributed by atoms with Crippen molar-refractivity contribution < 1.29 is 14.7 Å². The quantitative estimate of drug-likeness (QED) is 0.896. The lowest BCUT2D eigenvalue weighted by molar-refractivity contribution is -0.142. The zero-order valence-corrected chi connectivity index (χ0v) is 12.8. The molecule has 2 saturated heterocycles. The van der Waals surface area contributed by atoms with Crippen LogP contribution in [-0.4, -0.2) is 51.5 Å². The minimum absolute atomic E-state index is 0.0454. The molecule has 118 valence electrons. The van der Waals surface area contributed by atoms with Gasteiger partial charge < -0.3 is 14.9 Å². The average Bonchev–Trinajstić information content (AvgIpc) is 2.84. The topological polar surface area (TPSA) is 86.6 Å². The lowest BCUT2D eigenvalue weighted by Gasteiger charge is -2.38. The van der Waals surface area contributed by atoms with E-state index in [0.29, 0.717) is 18.9 Å². The Balaban J connectivity index is 1.82. The molecule has 1 N–H and O–H groups in total. The van der Waals surface area contributed by atoms with Crippen LogP contribution in [0.3, 0.4) is 0 Å². The van der Waals surface area contributed by atoms with E-state index >= 15 is 0 Å². The summed E-state index contributed by atoms with van der Waals surface area (Å²) in [5.41, 5.74) is 0.842. The van der Waals surface area contributed by atoms with E-state index in [2.05, 4.69) is 9.97 Å². The number of aliphatic carboxylic acids is 1. The molecule has 2 aliphatic rings. The first-order valence-electron chi connectivity index (χ1n) is 7.56. The van der Waals surface area contributed by atoms with Gasteiger partial charge in [-0.3, -0.25) is 9.59 Å². The van der Waals surface area contributed by atoms with E-state index in [1.807, 2.05) is 22.8 Å². The highest BCUT2D eigenvalue weighted by Gasteiger charge is 2.35. The fourth-order valence-corrected chi connectivity index (χ4v) is 3.12. The van der Waals surface area contributed by atoms with Gasteiger partial charge in [0.05, 0.1) is 12.0 Å². The number of amides is 1. The largest absolute Gasteiger partial charge is 0.481 e. The molecule has 0 saturated carbocycles. The fraction of sp³-hybridized carbons (Fsp3) is 0.600. The summed E-state index contributed by atoms with van der Waals surface area (Å²) in [4.78, 5) is 35.5. The third-order valence-electron chi connectivity index (χ3n) is 4.37. The summed E-state index contributed by atoms with van der Waals surface area (Å²) in [5, 5.41) is 8.97. The molecule has 3 heterocycles. The number of anilines is 1. The maximum absolute atomic E-state index is 11.7. The van der Waals surface area contributed by atoms with Crippen LogP contribution in [0.4, 0.5) is 5.82 Å². The van der Waals surface area contributed by atoms with Gasteiger partial charge in [0.2, 0.25) is 5.91 Å². The van der Waals surface area contributed by atoms with Crippen molar-refractivity contribution in [2.24, 2.45) is 5.92 Å². The Labute approximate surface area is 129 Å². The number of aromatic nitrogens is 2. The maximum atomic E-state index is 11.7. The van der Waals surface area contributed by atoms with Gasteiger partial charge in [-0.2, -0.15) is 0 Å². The SMILES string of the molecule is CC(=O)N1CCC[C@@H]1c1nc(C)cc(N2CC(C(=O)O)C2)n1. The van der Waals surface area contributed by atoms with Crippen molar-refractivity contribution in [1.82, 2.24) is 14.9 Å². The number of likely N-dealkylation sites (tertiary alicyclic amines) is 1. The lowest BCUT2D eigenvalue weighted by Crippen LogP contribution is -2.51. The molecule has 1 amide bonds. The van der Waals surface area contributed by atoms with Crippen molar-refractivity contribution in [1.29, 1.82) is 0 Å². The smallest absolute Gasteiger partial charge is 0.310 e. The molecule has 0 aliphatic carbocycles. The van der Waals surface area contributed by atoms with Crippen LogP contribution in [0, 0.1) is 12.8 Å². The summed E-state index contributed by atoms with van der Waals surface area (Å²) < 4.78 is 0. The van der Waals surface area contributed by atoms with Gasteiger partial charge in [0, 0.05) is 38.3 Å². The van der Waals surface area contributed by atoms with E-state index in [0.717, 1.165) is 30.9 Å². The Kier molecular flexibility index (Phi) is 3.72. The van der Waals surface area contributed by atoms with Crippen molar-refractivity contribution in [2.45, 2.75) is 32.7 Å². The van der Waals surface area contributed by atoms with Crippen LogP contribution in [0.2, 0.25) is 0 Å². The molecule has 1 aromatic heterocycles. The second-order valence-corrected chi connectivity index (χ2v) is 6.04. The molecule has 2 fully saturated rings. The summed E-state index contributed by atoms with van der Waals surface area (Å²) in [6.45, 7) is 5.17. The van der Waals surface area contributed by atoms with Crippen LogP contribution in [0.15, 0.2) is 6.07 Å². The molecule has 1 atom stereocenters. The monoisotopic (exact) mass is 304 g/mol. The van der Waals surface area contributed by atoms with Crippen molar-refractivity contribution in [3.63, 3.8) is 0 Å². The number of hydrogen-bond donors (Lipinski definition) is 1. The van der Waals surface area contributed by atoms with E-state index < -0.39 is 5.97 Å². The van der Waals surface area contributed by atoms with Gasteiger partial charge in [0.1, 0.15) is 5.82 Å². The third-order valence-corrected chi connectivity index (χ3v) is 4.37. The van der Waals surface area contributed by atoms with Gasteiger partial charge in [-0.05, 0) is 19.8 Å². The Morgan fingerprint density at radius 1 is 1.32 bits per heavy atom. The van der Waals surface area contributed by atoms with Gasteiger partial charge in [-0.25, -0.2) is 9.97 Å². The van der Waals surface area contributed by atoms with E-state index in [-0.39, 0.29) is 17.9 Å². The van der Waals surface area contributed by atoms with E-state index in [9.17, 15) is 9.59 Å². The Bertz CT molecular complexity index is 613. The van der Waals surface area contributed by atoms with Crippen LogP contribution in [0.25, 0.3) is 0 Å². The van der Waals surface area contributed by atoms with Gasteiger partial charge in [-0.1, -0.05) is 0 Å². The van der Waals surface area contributed by atoms with Crippen LogP contribution in [0.1, 0.15) is 37.3 Å². The predicted octanol–water partition coefficient (Wildman–Crippen LogP) is 0.989. The predicted molar refractivity (Wildman–Crippen MR) is 79.5 cm³/mol. The first-order valence-corrected chi connectivity index (χ1v) is 7.56. The minimum Gasteiger partial charge on any atom is -0.481 e. The molecule has 0 unspecified atom stereocenters. The van der Waals surface area contributed by atoms with Gasteiger partial charge in [0.25, 0.3) is 0 Å². The summed E-state index contributed by atoms with van der Waals surface area (Å²) in [7, 11) is 0. The number of carboxylic acid groups (broad SMARTS) is 1. The summed E-state index contributed by atoms with van der Waals surface area (Å²) in [6, 6.07) is 1.81. The molecule has 2 aliphatic heterocycles. The van der Waals surface area contributed by atoms with Crippen molar-refractivity contribution in [3.05, 3.63) is 17.6 Å². The van der Waals surface area contributed by atoms with E-state index in [1.165, 1.54) is 0 Å². The highest BCUT2D eigenvalue weighted by atomic mass is 16.4. The second kappa shape index (κ2) is 5.55. The second-order valence-electron chi connectivity index (χ2n) is 6.04. The third kappa shape index (κ3) is 2.63. The van der Waals surface area contributed by atoms with Crippen molar-refractivity contribution >= 4 is 17.7 Å². The molecular weight excluding hydrogens is 284 g/mol. The zero-order valence-electron chi connectivity index (χ0n) is 12.8. The zero-order chi connectivity index (χ0) is 15.9. The van der Waals surface area contributed by atoms with E-state index in [4.69, 9.17) is 5.11 Å². The number of rotatable bonds is 3. The summed E-state index contributed by atoms with van der Waals surface area (Å²) in [5.74, 6) is 0.389. The molecule has 0 radical (unpaired) electrons. The molecule has 0 spiro atoms. The highest BCUT2D eigenvalue weighted by Crippen LogP contribution is 2.32. The van der Waals surface area contributed by atoms with Crippen LogP contribution in [-0.2, 0) is 9.59 Å². The lowest BCUT2D eigenvalue weighted by atomic mass is 10.0. The molecule has 0 aromatic carbocycles. The van der Waals surface area contributed by atoms with E-state index in [1.54, 1.807) is 6.92 Å². The number of hydrogen-bond acceptors (Lipinski definition) is 5. The molecule has 1 aromatic rings. The van der Waals surface area contributed by atoms with Crippen LogP contribution in [0.5, 0.6) is 0 Å². The molecule has 0 bridgehead atoms. The van der Waals surface area contributed by atoms with Crippen LogP contribution < -0.4 is 4.90 Å². The number of carbonyl (C=O) groups is 2. The Morgan fingerprint density at radius 3 is 2.68 bits per heavy atom. The molecule has 22 heavy (non-hydrogen) atoms. The molecule has 7 heteroatoms. The van der Waals surface area contributed by atoms with Gasteiger partial charge in [0.15, 0.2) is 5.82 Å². The standard InChI is InChI=1S/C15H20N4O3/c1-9-6-13(18-7-11(8-18)15(21)22)17-14(16-9)12-4-3-5-19(12)10(2)20/h6,11-12H,3-5,7-8H2,1-2H3,(H,21,22)/t12-/m1/s1. The first kappa shape index (κ1) is 14.7. The number of carboxylic acids is 1. The fourth-order valence-electron chi connectivity index (χ4n) is 3.12. The summed E-state index contributed by atoms with van der Waals surface area (Å²) in [6.07, 6.45) is 1.84. The maximum Gasteiger partial charge on any atom is 0.310 e. The minimum atomic E-state index is -0.763. The number of carbonyl (C=O) groups excluding carboxylic acids is 1. The normalized spacial score (nSPS) is 21.8. The highest BCUT2D eigenvalue weighted by molar-refractivity contribution is 5.74. The molecule has 3 rings (SSSR count). The van der Waals surface area contributed by atoms with Crippen molar-refractivity contribution in [2.75, 3.05) is 24.5 Å². The average molecular weight is 304 g/mol. The molecular formula is C15H20N4O3. The Hall–Kier alpha value is -2.18. The number of aryl methyl sites for hydroxylation is 1. The van der Waals surface area contributed by atoms with Crippen LogP contribution >= 0.6 is 0 Å². The molecule has 7 nitrogen and oxygen atoms in total. The first-order chi connectivity index (χ1) is 10.5. The van der Waals surface area contributed by atoms with Gasteiger partial charge in [-0.15, -0.1) is 0 Å². The Morgan fingerprint density at radius 2 is 2.05 bits per heavy atom. The van der Waals surface area contributed by atoms with Crippen molar-refractivity contribution in [3.8, 4) is 0 Å². The summed E-state index contributed by atoms with van der Waals surface area (Å²) >= 11 is 0. The van der Waals surface area contributed by atoms with Gasteiger partial charge >= 0.3 is 5.97 Å².